The smallest absolute Gasteiger partial charge is 0.0414 e. The van der Waals surface area contributed by atoms with Crippen molar-refractivity contribution in [1.82, 2.24) is 4.90 Å². The lowest BCUT2D eigenvalue weighted by Gasteiger charge is -2.42. The van der Waals surface area contributed by atoms with Crippen LogP contribution in [0.3, 0.4) is 0 Å². The third-order valence-corrected chi connectivity index (χ3v) is 4.80. The van der Waals surface area contributed by atoms with Gasteiger partial charge in [-0.05, 0) is 32.6 Å². The molecule has 0 aromatic carbocycles. The standard InChI is InChI=1S/C10H19NOS/c1-10(2)8-13(12)6-5-11(10)7-9-3-4-9/h9H,3-8H2,1-2H3. The maximum atomic E-state index is 11.4. The van der Waals surface area contributed by atoms with Gasteiger partial charge in [0.2, 0.25) is 0 Å². The fourth-order valence-electron chi connectivity index (χ4n) is 2.02. The van der Waals surface area contributed by atoms with E-state index in [0.717, 1.165) is 24.0 Å². The summed E-state index contributed by atoms with van der Waals surface area (Å²) in [6.45, 7) is 6.74. The predicted molar refractivity (Wildman–Crippen MR) is 56.3 cm³/mol. The Balaban J connectivity index is 1.96. The van der Waals surface area contributed by atoms with Gasteiger partial charge in [-0.25, -0.2) is 0 Å². The highest BCUT2D eigenvalue weighted by Crippen LogP contribution is 2.33. The molecule has 0 aromatic rings. The van der Waals surface area contributed by atoms with E-state index in [0.29, 0.717) is 0 Å². The summed E-state index contributed by atoms with van der Waals surface area (Å²) >= 11 is 0. The zero-order valence-electron chi connectivity index (χ0n) is 8.58. The first-order valence-corrected chi connectivity index (χ1v) is 6.67. The number of rotatable bonds is 2. The van der Waals surface area contributed by atoms with Crippen LogP contribution in [0.15, 0.2) is 0 Å². The molecule has 0 aromatic heterocycles. The summed E-state index contributed by atoms with van der Waals surface area (Å²) in [5.74, 6) is 2.70. The summed E-state index contributed by atoms with van der Waals surface area (Å²) in [7, 11) is -0.566. The summed E-state index contributed by atoms with van der Waals surface area (Å²) in [5, 5.41) is 0. The highest BCUT2D eigenvalue weighted by atomic mass is 32.2. The van der Waals surface area contributed by atoms with E-state index in [1.165, 1.54) is 19.4 Å². The molecule has 0 bridgehead atoms. The molecule has 0 radical (unpaired) electrons. The molecule has 76 valence electrons. The molecule has 0 amide bonds. The normalized spacial score (nSPS) is 34.8. The van der Waals surface area contributed by atoms with Crippen LogP contribution in [0.1, 0.15) is 26.7 Å². The van der Waals surface area contributed by atoms with Crippen LogP contribution < -0.4 is 0 Å². The molecule has 3 heteroatoms. The number of nitrogens with zero attached hydrogens (tertiary/aromatic N) is 1. The Labute approximate surface area is 83.1 Å². The van der Waals surface area contributed by atoms with Crippen molar-refractivity contribution >= 4 is 10.8 Å². The summed E-state index contributed by atoms with van der Waals surface area (Å²) in [6.07, 6.45) is 2.82. The summed E-state index contributed by atoms with van der Waals surface area (Å²) < 4.78 is 11.4. The van der Waals surface area contributed by atoms with E-state index in [4.69, 9.17) is 0 Å². The molecule has 1 unspecified atom stereocenters. The van der Waals surface area contributed by atoms with Crippen molar-refractivity contribution in [3.05, 3.63) is 0 Å². The van der Waals surface area contributed by atoms with E-state index >= 15 is 0 Å². The molecule has 1 aliphatic carbocycles. The first-order chi connectivity index (χ1) is 6.08. The van der Waals surface area contributed by atoms with Gasteiger partial charge in [-0.1, -0.05) is 0 Å². The summed E-state index contributed by atoms with van der Waals surface area (Å²) in [4.78, 5) is 2.53. The Morgan fingerprint density at radius 2 is 2.15 bits per heavy atom. The molecule has 2 rings (SSSR count). The number of hydrogen-bond donors (Lipinski definition) is 0. The van der Waals surface area contributed by atoms with Crippen LogP contribution in [0, 0.1) is 5.92 Å². The van der Waals surface area contributed by atoms with Crippen molar-refractivity contribution < 1.29 is 4.21 Å². The highest BCUT2D eigenvalue weighted by Gasteiger charge is 2.36. The third kappa shape index (κ3) is 2.32. The van der Waals surface area contributed by atoms with E-state index in [-0.39, 0.29) is 5.54 Å². The van der Waals surface area contributed by atoms with E-state index in [2.05, 4.69) is 18.7 Å². The fraction of sp³-hybridized carbons (Fsp3) is 1.00. The van der Waals surface area contributed by atoms with Gasteiger partial charge in [0.15, 0.2) is 0 Å². The third-order valence-electron chi connectivity index (χ3n) is 3.13. The SMILES string of the molecule is CC1(C)CS(=O)CCN1CC1CC1. The highest BCUT2D eigenvalue weighted by molar-refractivity contribution is 7.85. The molecule has 1 saturated carbocycles. The van der Waals surface area contributed by atoms with Crippen LogP contribution in [0.5, 0.6) is 0 Å². The largest absolute Gasteiger partial charge is 0.296 e. The molecular weight excluding hydrogens is 182 g/mol. The maximum Gasteiger partial charge on any atom is 0.0414 e. The molecule has 0 N–H and O–H groups in total. The Morgan fingerprint density at radius 3 is 2.69 bits per heavy atom. The average molecular weight is 201 g/mol. The minimum absolute atomic E-state index is 0.172. The molecular formula is C10H19NOS. The van der Waals surface area contributed by atoms with E-state index < -0.39 is 10.8 Å². The zero-order valence-corrected chi connectivity index (χ0v) is 9.40. The summed E-state index contributed by atoms with van der Waals surface area (Å²) in [6, 6.07) is 0. The van der Waals surface area contributed by atoms with Crippen molar-refractivity contribution in [1.29, 1.82) is 0 Å². The van der Waals surface area contributed by atoms with Crippen molar-refractivity contribution in [3.8, 4) is 0 Å². The van der Waals surface area contributed by atoms with Gasteiger partial charge >= 0.3 is 0 Å². The topological polar surface area (TPSA) is 20.3 Å². The van der Waals surface area contributed by atoms with Gasteiger partial charge in [0.05, 0.1) is 0 Å². The molecule has 13 heavy (non-hydrogen) atoms. The minimum atomic E-state index is -0.566. The lowest BCUT2D eigenvalue weighted by atomic mass is 10.1. The van der Waals surface area contributed by atoms with Crippen molar-refractivity contribution in [2.45, 2.75) is 32.2 Å². The molecule has 2 fully saturated rings. The van der Waals surface area contributed by atoms with Crippen molar-refractivity contribution in [2.75, 3.05) is 24.6 Å². The van der Waals surface area contributed by atoms with Crippen molar-refractivity contribution in [2.24, 2.45) is 5.92 Å². The second-order valence-electron chi connectivity index (χ2n) is 4.99. The van der Waals surface area contributed by atoms with Gasteiger partial charge in [-0.2, -0.15) is 0 Å². The van der Waals surface area contributed by atoms with Crippen LogP contribution in [0.4, 0.5) is 0 Å². The van der Waals surface area contributed by atoms with Crippen LogP contribution in [0.2, 0.25) is 0 Å². The van der Waals surface area contributed by atoms with Gasteiger partial charge in [0.25, 0.3) is 0 Å². The van der Waals surface area contributed by atoms with Gasteiger partial charge < -0.3 is 0 Å². The lowest BCUT2D eigenvalue weighted by Crippen LogP contribution is -2.54. The second kappa shape index (κ2) is 3.35. The van der Waals surface area contributed by atoms with Crippen molar-refractivity contribution in [3.63, 3.8) is 0 Å². The Kier molecular flexibility index (Phi) is 2.49. The molecule has 1 atom stereocenters. The lowest BCUT2D eigenvalue weighted by molar-refractivity contribution is 0.135. The minimum Gasteiger partial charge on any atom is -0.296 e. The van der Waals surface area contributed by atoms with Crippen LogP contribution in [0.25, 0.3) is 0 Å². The molecule has 1 saturated heterocycles. The van der Waals surface area contributed by atoms with E-state index in [9.17, 15) is 4.21 Å². The van der Waals surface area contributed by atoms with Gasteiger partial charge in [0.1, 0.15) is 0 Å². The predicted octanol–water partition coefficient (Wildman–Crippen LogP) is 1.24. The van der Waals surface area contributed by atoms with Gasteiger partial charge in [0, 0.05) is 40.9 Å². The molecule has 1 heterocycles. The molecule has 2 aliphatic rings. The fourth-order valence-corrected chi connectivity index (χ4v) is 3.56. The number of hydrogen-bond acceptors (Lipinski definition) is 2. The monoisotopic (exact) mass is 201 g/mol. The Bertz CT molecular complexity index is 223. The Morgan fingerprint density at radius 1 is 1.46 bits per heavy atom. The van der Waals surface area contributed by atoms with Crippen LogP contribution in [-0.2, 0) is 10.8 Å². The quantitative estimate of drug-likeness (QED) is 0.670. The molecule has 2 nitrogen and oxygen atoms in total. The average Bonchev–Trinajstić information content (AvgIpc) is 2.77. The first-order valence-electron chi connectivity index (χ1n) is 5.18. The first kappa shape index (κ1) is 9.66. The summed E-state index contributed by atoms with van der Waals surface area (Å²) in [5.41, 5.74) is 0.172. The van der Waals surface area contributed by atoms with E-state index in [1.807, 2.05) is 0 Å². The maximum absolute atomic E-state index is 11.4. The molecule has 1 aliphatic heterocycles. The van der Waals surface area contributed by atoms with E-state index in [1.54, 1.807) is 0 Å². The van der Waals surface area contributed by atoms with Crippen LogP contribution in [-0.4, -0.2) is 39.2 Å². The zero-order chi connectivity index (χ0) is 9.47. The van der Waals surface area contributed by atoms with Crippen LogP contribution >= 0.6 is 0 Å². The van der Waals surface area contributed by atoms with Gasteiger partial charge in [-0.3, -0.25) is 9.11 Å². The second-order valence-corrected chi connectivity index (χ2v) is 6.57. The Hall–Kier alpha value is 0.110. The molecule has 0 spiro atoms. The van der Waals surface area contributed by atoms with Gasteiger partial charge in [-0.15, -0.1) is 0 Å².